The van der Waals surface area contributed by atoms with Crippen LogP contribution in [0.3, 0.4) is 0 Å². The molecule has 0 aliphatic carbocycles. The van der Waals surface area contributed by atoms with Crippen molar-refractivity contribution in [3.63, 3.8) is 0 Å². The average Bonchev–Trinajstić information content (AvgIpc) is 3.12. The summed E-state index contributed by atoms with van der Waals surface area (Å²) < 4.78 is 27.5. The van der Waals surface area contributed by atoms with Gasteiger partial charge in [-0.1, -0.05) is 87.3 Å². The third kappa shape index (κ3) is 7.22. The number of hydrazine groups is 1. The van der Waals surface area contributed by atoms with E-state index >= 15 is 0 Å². The van der Waals surface area contributed by atoms with Gasteiger partial charge < -0.3 is 0 Å². The summed E-state index contributed by atoms with van der Waals surface area (Å²) in [5, 5.41) is 1.38. The zero-order valence-electron chi connectivity index (χ0n) is 17.4. The Balaban J connectivity index is 1.81. The second-order valence-electron chi connectivity index (χ2n) is 7.50. The molecule has 1 aromatic rings. The molecule has 0 amide bonds. The van der Waals surface area contributed by atoms with Crippen molar-refractivity contribution >= 4 is 10.0 Å². The van der Waals surface area contributed by atoms with Crippen LogP contribution in [0, 0.1) is 0 Å². The van der Waals surface area contributed by atoms with Gasteiger partial charge in [-0.3, -0.25) is 4.84 Å². The standard InChI is InChI=1S/C22H36N2O3S/c1-3-4-5-6-7-8-9-10-11-15-19-24(23-20-18-21(2)27-23)28(25,26)22-16-13-12-14-17-22/h12-14,16-18,20-21H,3-11,15,19H2,1-2H3. The molecular formula is C22H36N2O3S. The predicted octanol–water partition coefficient (Wildman–Crippen LogP) is 5.66. The number of sulfonamides is 1. The maximum absolute atomic E-state index is 13.1. The van der Waals surface area contributed by atoms with Gasteiger partial charge in [-0.15, -0.1) is 0 Å². The van der Waals surface area contributed by atoms with E-state index in [9.17, 15) is 8.42 Å². The number of unbranched alkanes of at least 4 members (excludes halogenated alkanes) is 9. The fourth-order valence-corrected chi connectivity index (χ4v) is 4.75. The van der Waals surface area contributed by atoms with E-state index in [0.29, 0.717) is 11.4 Å². The van der Waals surface area contributed by atoms with Crippen molar-refractivity contribution in [2.75, 3.05) is 6.54 Å². The van der Waals surface area contributed by atoms with Crippen LogP contribution in [-0.4, -0.2) is 30.7 Å². The average molecular weight is 409 g/mol. The lowest BCUT2D eigenvalue weighted by molar-refractivity contribution is -0.213. The van der Waals surface area contributed by atoms with E-state index in [2.05, 4.69) is 6.92 Å². The molecule has 2 rings (SSSR count). The number of rotatable bonds is 14. The lowest BCUT2D eigenvalue weighted by atomic mass is 10.1. The van der Waals surface area contributed by atoms with Crippen molar-refractivity contribution in [2.45, 2.75) is 89.1 Å². The van der Waals surface area contributed by atoms with Gasteiger partial charge in [-0.2, -0.15) is 5.17 Å². The van der Waals surface area contributed by atoms with E-state index in [1.165, 1.54) is 54.5 Å². The van der Waals surface area contributed by atoms with Crippen LogP contribution in [0.15, 0.2) is 47.5 Å². The van der Waals surface area contributed by atoms with Gasteiger partial charge in [-0.25, -0.2) is 8.42 Å². The molecule has 28 heavy (non-hydrogen) atoms. The lowest BCUT2D eigenvalue weighted by Gasteiger charge is -2.30. The Morgan fingerprint density at radius 2 is 1.50 bits per heavy atom. The smallest absolute Gasteiger partial charge is 0.250 e. The molecule has 0 saturated carbocycles. The van der Waals surface area contributed by atoms with E-state index in [0.717, 1.165) is 19.3 Å². The number of hydrogen-bond donors (Lipinski definition) is 0. The molecule has 0 saturated heterocycles. The highest BCUT2D eigenvalue weighted by atomic mass is 32.2. The zero-order valence-corrected chi connectivity index (χ0v) is 18.2. The SMILES string of the molecule is CCCCCCCCCCCCN(N1C=CC(C)O1)S(=O)(=O)c1ccccc1. The second kappa shape index (κ2) is 12.2. The molecule has 1 aromatic carbocycles. The third-order valence-electron chi connectivity index (χ3n) is 5.00. The van der Waals surface area contributed by atoms with Crippen LogP contribution >= 0.6 is 0 Å². The summed E-state index contributed by atoms with van der Waals surface area (Å²) in [6.45, 7) is 4.56. The Bertz CT molecular complexity index is 676. The number of hydrogen-bond acceptors (Lipinski definition) is 4. The van der Waals surface area contributed by atoms with Gasteiger partial charge in [0.25, 0.3) is 10.0 Å². The van der Waals surface area contributed by atoms with Gasteiger partial charge in [0.15, 0.2) is 0 Å². The molecule has 1 aliphatic heterocycles. The van der Waals surface area contributed by atoms with Crippen molar-refractivity contribution in [1.82, 2.24) is 9.59 Å². The van der Waals surface area contributed by atoms with Crippen molar-refractivity contribution in [1.29, 1.82) is 0 Å². The van der Waals surface area contributed by atoms with Crippen LogP contribution in [0.25, 0.3) is 0 Å². The quantitative estimate of drug-likeness (QED) is 0.373. The molecule has 0 fully saturated rings. The summed E-state index contributed by atoms with van der Waals surface area (Å²) in [6.07, 6.45) is 15.6. The monoisotopic (exact) mass is 408 g/mol. The molecule has 1 atom stereocenters. The van der Waals surface area contributed by atoms with Gasteiger partial charge in [0.05, 0.1) is 4.90 Å². The Kier molecular flexibility index (Phi) is 10.0. The van der Waals surface area contributed by atoms with Gasteiger partial charge in [0.2, 0.25) is 0 Å². The van der Waals surface area contributed by atoms with E-state index in [1.807, 2.05) is 19.1 Å². The summed E-state index contributed by atoms with van der Waals surface area (Å²) in [4.78, 5) is 5.93. The molecule has 0 bridgehead atoms. The van der Waals surface area contributed by atoms with E-state index in [-0.39, 0.29) is 6.10 Å². The highest BCUT2D eigenvalue weighted by Crippen LogP contribution is 2.23. The Morgan fingerprint density at radius 1 is 0.929 bits per heavy atom. The first-order valence-corrected chi connectivity index (χ1v) is 12.2. The summed E-state index contributed by atoms with van der Waals surface area (Å²) in [5.74, 6) is 0. The summed E-state index contributed by atoms with van der Waals surface area (Å²) >= 11 is 0. The van der Waals surface area contributed by atoms with Crippen molar-refractivity contribution in [2.24, 2.45) is 0 Å². The van der Waals surface area contributed by atoms with Gasteiger partial charge in [0, 0.05) is 12.7 Å². The van der Waals surface area contributed by atoms with Gasteiger partial charge >= 0.3 is 0 Å². The number of benzene rings is 1. The molecular weight excluding hydrogens is 372 g/mol. The fraction of sp³-hybridized carbons (Fsp3) is 0.636. The lowest BCUT2D eigenvalue weighted by Crippen LogP contribution is -2.43. The Labute approximate surface area is 171 Å². The normalized spacial score (nSPS) is 17.0. The largest absolute Gasteiger partial charge is 0.261 e. The van der Waals surface area contributed by atoms with Crippen molar-refractivity contribution in [3.8, 4) is 0 Å². The van der Waals surface area contributed by atoms with E-state index < -0.39 is 10.0 Å². The first-order valence-electron chi connectivity index (χ1n) is 10.8. The topological polar surface area (TPSA) is 49.9 Å². The molecule has 1 unspecified atom stereocenters. The predicted molar refractivity (Wildman–Crippen MR) is 114 cm³/mol. The molecule has 5 nitrogen and oxygen atoms in total. The van der Waals surface area contributed by atoms with Crippen molar-refractivity contribution < 1.29 is 13.3 Å². The summed E-state index contributed by atoms with van der Waals surface area (Å²) in [6, 6.07) is 8.57. The van der Waals surface area contributed by atoms with Crippen molar-refractivity contribution in [3.05, 3.63) is 42.6 Å². The molecule has 0 aromatic heterocycles. The minimum atomic E-state index is -3.64. The van der Waals surface area contributed by atoms with Crippen LogP contribution in [-0.2, 0) is 14.9 Å². The minimum absolute atomic E-state index is 0.124. The first-order chi connectivity index (χ1) is 13.6. The second-order valence-corrected chi connectivity index (χ2v) is 9.34. The van der Waals surface area contributed by atoms with Crippen LogP contribution in [0.5, 0.6) is 0 Å². The molecule has 1 aliphatic rings. The Morgan fingerprint density at radius 3 is 2.04 bits per heavy atom. The van der Waals surface area contributed by atoms with Gasteiger partial charge in [0.1, 0.15) is 6.10 Å². The summed E-state index contributed by atoms with van der Waals surface area (Å²) in [7, 11) is -3.64. The highest BCUT2D eigenvalue weighted by molar-refractivity contribution is 7.89. The third-order valence-corrected chi connectivity index (χ3v) is 6.77. The Hall–Kier alpha value is -1.37. The van der Waals surface area contributed by atoms with Crippen LogP contribution in [0.1, 0.15) is 78.1 Å². The highest BCUT2D eigenvalue weighted by Gasteiger charge is 2.31. The van der Waals surface area contributed by atoms with E-state index in [4.69, 9.17) is 4.84 Å². The minimum Gasteiger partial charge on any atom is -0.250 e. The first kappa shape index (κ1) is 22.9. The van der Waals surface area contributed by atoms with Crippen LogP contribution in [0.2, 0.25) is 0 Å². The fourth-order valence-electron chi connectivity index (χ4n) is 3.34. The maximum Gasteiger partial charge on any atom is 0.261 e. The molecule has 0 spiro atoms. The van der Waals surface area contributed by atoms with Crippen LogP contribution < -0.4 is 0 Å². The summed E-state index contributed by atoms with van der Waals surface area (Å²) in [5.41, 5.74) is 0. The molecule has 6 heteroatoms. The molecule has 0 N–H and O–H groups in total. The maximum atomic E-state index is 13.1. The molecule has 158 valence electrons. The molecule has 0 radical (unpaired) electrons. The van der Waals surface area contributed by atoms with Crippen LogP contribution in [0.4, 0.5) is 0 Å². The number of nitrogens with zero attached hydrogens (tertiary/aromatic N) is 2. The number of hydroxylamine groups is 1. The zero-order chi connectivity index (χ0) is 20.2. The van der Waals surface area contributed by atoms with E-state index in [1.54, 1.807) is 30.5 Å². The van der Waals surface area contributed by atoms with Gasteiger partial charge in [-0.05, 0) is 31.6 Å². The molecule has 1 heterocycles.